The molecule has 154 valence electrons. The maximum atomic E-state index is 13.2. The predicted octanol–water partition coefficient (Wildman–Crippen LogP) is 1.48. The van der Waals surface area contributed by atoms with E-state index < -0.39 is 6.10 Å². The minimum absolute atomic E-state index is 0.0746. The topological polar surface area (TPSA) is 76.9 Å². The van der Waals surface area contributed by atoms with Gasteiger partial charge in [0.15, 0.2) is 11.8 Å². The summed E-state index contributed by atoms with van der Waals surface area (Å²) in [6.07, 6.45) is 0.136. The number of nitrogens with zero attached hydrogens (tertiary/aromatic N) is 4. The second-order valence-electron chi connectivity index (χ2n) is 7.29. The van der Waals surface area contributed by atoms with Crippen LogP contribution in [0.2, 0.25) is 0 Å². The van der Waals surface area contributed by atoms with Gasteiger partial charge in [-0.1, -0.05) is 30.3 Å². The Bertz CT molecular complexity index is 861. The Morgan fingerprint density at radius 1 is 1.07 bits per heavy atom. The van der Waals surface area contributed by atoms with Crippen LogP contribution >= 0.6 is 0 Å². The minimum Gasteiger partial charge on any atom is -0.378 e. The van der Waals surface area contributed by atoms with E-state index >= 15 is 0 Å². The number of hydrogen-bond acceptors (Lipinski definition) is 5. The van der Waals surface area contributed by atoms with E-state index in [-0.39, 0.29) is 11.8 Å². The number of fused-ring (bicyclic) bond motifs is 1. The van der Waals surface area contributed by atoms with Gasteiger partial charge in [-0.05, 0) is 18.1 Å². The molecule has 0 bridgehead atoms. The number of hydrogen-bond donors (Lipinski definition) is 0. The number of methoxy groups -OCH3 is 1. The number of carbonyl (C=O) groups is 2. The van der Waals surface area contributed by atoms with Gasteiger partial charge < -0.3 is 19.3 Å². The molecule has 8 nitrogen and oxygen atoms in total. The Labute approximate surface area is 170 Å². The van der Waals surface area contributed by atoms with Gasteiger partial charge in [-0.3, -0.25) is 14.3 Å². The molecule has 2 aliphatic heterocycles. The SMILES string of the molecule is COC(C(=O)N1CCCn2nc(C(=O)N3CCOCC3)cc2C1)c1ccccc1. The number of aromatic nitrogens is 2. The van der Waals surface area contributed by atoms with Gasteiger partial charge in [-0.25, -0.2) is 0 Å². The molecule has 1 aromatic carbocycles. The zero-order chi connectivity index (χ0) is 20.2. The summed E-state index contributed by atoms with van der Waals surface area (Å²) in [5.41, 5.74) is 2.14. The standard InChI is InChI=1S/C21H26N4O4/c1-28-19(16-6-3-2-4-7-16)21(27)24-8-5-9-25-17(15-24)14-18(22-25)20(26)23-10-12-29-13-11-23/h2-4,6-7,14,19H,5,8-13,15H2,1H3. The first-order chi connectivity index (χ1) is 14.2. The molecule has 4 rings (SSSR count). The molecule has 0 radical (unpaired) electrons. The van der Waals surface area contributed by atoms with Crippen LogP contribution in [0.25, 0.3) is 0 Å². The smallest absolute Gasteiger partial charge is 0.274 e. The molecule has 3 heterocycles. The fraction of sp³-hybridized carbons (Fsp3) is 0.476. The lowest BCUT2D eigenvalue weighted by atomic mass is 10.1. The molecule has 2 amide bonds. The average Bonchev–Trinajstić information content (AvgIpc) is 3.06. The van der Waals surface area contributed by atoms with Crippen molar-refractivity contribution in [3.63, 3.8) is 0 Å². The van der Waals surface area contributed by atoms with E-state index in [9.17, 15) is 9.59 Å². The summed E-state index contributed by atoms with van der Waals surface area (Å²) in [4.78, 5) is 29.5. The highest BCUT2D eigenvalue weighted by molar-refractivity contribution is 5.92. The van der Waals surface area contributed by atoms with Crippen molar-refractivity contribution in [3.05, 3.63) is 53.3 Å². The molecule has 8 heteroatoms. The first kappa shape index (κ1) is 19.6. The van der Waals surface area contributed by atoms with Crippen LogP contribution in [0.3, 0.4) is 0 Å². The van der Waals surface area contributed by atoms with E-state index in [4.69, 9.17) is 9.47 Å². The molecule has 1 aromatic heterocycles. The molecule has 2 aromatic rings. The molecule has 1 atom stereocenters. The fourth-order valence-electron chi connectivity index (χ4n) is 3.86. The Hall–Kier alpha value is -2.71. The summed E-state index contributed by atoms with van der Waals surface area (Å²) >= 11 is 0. The molecule has 1 unspecified atom stereocenters. The number of amides is 2. The van der Waals surface area contributed by atoms with Crippen molar-refractivity contribution < 1.29 is 19.1 Å². The van der Waals surface area contributed by atoms with E-state index in [2.05, 4.69) is 5.10 Å². The van der Waals surface area contributed by atoms with Crippen molar-refractivity contribution in [2.75, 3.05) is 40.0 Å². The lowest BCUT2D eigenvalue weighted by Gasteiger charge is -2.26. The Balaban J connectivity index is 1.51. The number of carbonyl (C=O) groups excluding carboxylic acids is 2. The van der Waals surface area contributed by atoms with E-state index in [0.717, 1.165) is 17.7 Å². The minimum atomic E-state index is -0.639. The molecular weight excluding hydrogens is 372 g/mol. The summed E-state index contributed by atoms with van der Waals surface area (Å²) in [7, 11) is 1.55. The number of morpholine rings is 1. The van der Waals surface area contributed by atoms with Gasteiger partial charge in [0.2, 0.25) is 0 Å². The van der Waals surface area contributed by atoms with Crippen molar-refractivity contribution in [2.24, 2.45) is 0 Å². The Morgan fingerprint density at radius 2 is 1.83 bits per heavy atom. The Kier molecular flexibility index (Phi) is 5.92. The highest BCUT2D eigenvalue weighted by atomic mass is 16.5. The number of benzene rings is 1. The van der Waals surface area contributed by atoms with Crippen molar-refractivity contribution in [2.45, 2.75) is 25.6 Å². The summed E-state index contributed by atoms with van der Waals surface area (Å²) in [6.45, 7) is 3.99. The highest BCUT2D eigenvalue weighted by Crippen LogP contribution is 2.23. The van der Waals surface area contributed by atoms with Crippen LogP contribution in [0.1, 0.15) is 34.3 Å². The van der Waals surface area contributed by atoms with E-state index in [1.807, 2.05) is 41.1 Å². The molecule has 0 aliphatic carbocycles. The molecule has 2 aliphatic rings. The van der Waals surface area contributed by atoms with E-state index in [1.165, 1.54) is 0 Å². The van der Waals surface area contributed by atoms with Crippen LogP contribution in [0.15, 0.2) is 36.4 Å². The molecule has 1 saturated heterocycles. The average molecular weight is 398 g/mol. The van der Waals surface area contributed by atoms with Crippen LogP contribution in [-0.4, -0.2) is 71.4 Å². The van der Waals surface area contributed by atoms with Gasteiger partial charge in [0.1, 0.15) is 0 Å². The summed E-state index contributed by atoms with van der Waals surface area (Å²) in [6, 6.07) is 11.3. The van der Waals surface area contributed by atoms with Crippen LogP contribution in [0.5, 0.6) is 0 Å². The van der Waals surface area contributed by atoms with Gasteiger partial charge in [-0.15, -0.1) is 0 Å². The molecule has 0 saturated carbocycles. The predicted molar refractivity (Wildman–Crippen MR) is 105 cm³/mol. The third kappa shape index (κ3) is 4.18. The van der Waals surface area contributed by atoms with Crippen LogP contribution in [0, 0.1) is 0 Å². The van der Waals surface area contributed by atoms with Gasteiger partial charge in [0, 0.05) is 33.3 Å². The largest absolute Gasteiger partial charge is 0.378 e. The first-order valence-electron chi connectivity index (χ1n) is 9.97. The monoisotopic (exact) mass is 398 g/mol. The lowest BCUT2D eigenvalue weighted by Crippen LogP contribution is -2.40. The van der Waals surface area contributed by atoms with Crippen molar-refractivity contribution in [1.29, 1.82) is 0 Å². The second-order valence-corrected chi connectivity index (χ2v) is 7.29. The lowest BCUT2D eigenvalue weighted by molar-refractivity contribution is -0.143. The third-order valence-electron chi connectivity index (χ3n) is 5.41. The van der Waals surface area contributed by atoms with Crippen molar-refractivity contribution in [3.8, 4) is 0 Å². The van der Waals surface area contributed by atoms with Crippen LogP contribution < -0.4 is 0 Å². The number of rotatable bonds is 4. The van der Waals surface area contributed by atoms with E-state index in [1.54, 1.807) is 16.9 Å². The Morgan fingerprint density at radius 3 is 2.55 bits per heavy atom. The summed E-state index contributed by atoms with van der Waals surface area (Å²) < 4.78 is 12.7. The van der Waals surface area contributed by atoms with Gasteiger partial charge in [-0.2, -0.15) is 5.10 Å². The molecule has 1 fully saturated rings. The third-order valence-corrected chi connectivity index (χ3v) is 5.41. The fourth-order valence-corrected chi connectivity index (χ4v) is 3.86. The molecular formula is C21H26N4O4. The second kappa shape index (κ2) is 8.75. The van der Waals surface area contributed by atoms with Gasteiger partial charge in [0.25, 0.3) is 11.8 Å². The molecule has 0 spiro atoms. The number of ether oxygens (including phenoxy) is 2. The zero-order valence-corrected chi connectivity index (χ0v) is 16.6. The maximum absolute atomic E-state index is 13.2. The summed E-state index contributed by atoms with van der Waals surface area (Å²) in [5.74, 6) is -0.153. The molecule has 29 heavy (non-hydrogen) atoms. The number of aryl methyl sites for hydroxylation is 1. The van der Waals surface area contributed by atoms with Crippen molar-refractivity contribution in [1.82, 2.24) is 19.6 Å². The summed E-state index contributed by atoms with van der Waals surface area (Å²) in [5, 5.41) is 4.52. The van der Waals surface area contributed by atoms with Crippen LogP contribution in [0.4, 0.5) is 0 Å². The normalized spacial score (nSPS) is 18.1. The zero-order valence-electron chi connectivity index (χ0n) is 16.6. The van der Waals surface area contributed by atoms with E-state index in [0.29, 0.717) is 51.6 Å². The van der Waals surface area contributed by atoms with Crippen molar-refractivity contribution >= 4 is 11.8 Å². The highest BCUT2D eigenvalue weighted by Gasteiger charge is 2.29. The van der Waals surface area contributed by atoms with Gasteiger partial charge in [0.05, 0.1) is 25.5 Å². The maximum Gasteiger partial charge on any atom is 0.274 e. The van der Waals surface area contributed by atoms with Gasteiger partial charge >= 0.3 is 0 Å². The first-order valence-corrected chi connectivity index (χ1v) is 9.97. The quantitative estimate of drug-likeness (QED) is 0.780. The molecule has 0 N–H and O–H groups in total. The van der Waals surface area contributed by atoms with Crippen LogP contribution in [-0.2, 0) is 27.4 Å².